The molecule has 1 atom stereocenters. The fraction of sp³-hybridized carbons (Fsp3) is 0.562. The molecule has 1 rings (SSSR count). The van der Waals surface area contributed by atoms with Gasteiger partial charge < -0.3 is 5.32 Å². The minimum Gasteiger partial charge on any atom is -0.354 e. The number of sulfonamides is 1. The number of amides is 1. The summed E-state index contributed by atoms with van der Waals surface area (Å²) in [5.41, 5.74) is 1.27. The van der Waals surface area contributed by atoms with Crippen molar-refractivity contribution in [3.8, 4) is 0 Å². The number of benzene rings is 1. The highest BCUT2D eigenvalue weighted by Crippen LogP contribution is 2.28. The number of carbonyl (C=O) groups excluding carboxylic acids is 1. The molecular formula is C16H25ClN2O3S. The molecule has 0 spiro atoms. The Labute approximate surface area is 144 Å². The van der Waals surface area contributed by atoms with Crippen molar-refractivity contribution in [2.24, 2.45) is 0 Å². The van der Waals surface area contributed by atoms with Crippen LogP contribution < -0.4 is 9.62 Å². The number of nitrogens with zero attached hydrogens (tertiary/aromatic N) is 1. The summed E-state index contributed by atoms with van der Waals surface area (Å²) in [6.07, 6.45) is 2.76. The Hall–Kier alpha value is -1.27. The second kappa shape index (κ2) is 8.55. The van der Waals surface area contributed by atoms with Gasteiger partial charge in [-0.15, -0.1) is 0 Å². The summed E-state index contributed by atoms with van der Waals surface area (Å²) in [5, 5.41) is 3.39. The molecular weight excluding hydrogens is 336 g/mol. The lowest BCUT2D eigenvalue weighted by molar-refractivity contribution is -0.121. The van der Waals surface area contributed by atoms with Crippen molar-refractivity contribution >= 4 is 33.2 Å². The largest absolute Gasteiger partial charge is 0.354 e. The molecule has 23 heavy (non-hydrogen) atoms. The predicted octanol–water partition coefficient (Wildman–Crippen LogP) is 3.11. The summed E-state index contributed by atoms with van der Waals surface area (Å²) in [6, 6.07) is 5.30. The Balaban J connectivity index is 2.79. The Bertz CT molecular complexity index is 647. The molecule has 5 nitrogen and oxygen atoms in total. The van der Waals surface area contributed by atoms with E-state index in [0.717, 1.165) is 12.7 Å². The van der Waals surface area contributed by atoms with Crippen molar-refractivity contribution in [3.05, 3.63) is 28.8 Å². The van der Waals surface area contributed by atoms with Crippen LogP contribution >= 0.6 is 11.6 Å². The van der Waals surface area contributed by atoms with Crippen LogP contribution in [0.2, 0.25) is 5.02 Å². The van der Waals surface area contributed by atoms with E-state index in [1.54, 1.807) is 25.1 Å². The van der Waals surface area contributed by atoms with Crippen molar-refractivity contribution < 1.29 is 13.2 Å². The van der Waals surface area contributed by atoms with Gasteiger partial charge in [0.15, 0.2) is 0 Å². The Morgan fingerprint density at radius 3 is 2.61 bits per heavy atom. The van der Waals surface area contributed by atoms with Crippen molar-refractivity contribution in [1.29, 1.82) is 0 Å². The second-order valence-corrected chi connectivity index (χ2v) is 8.01. The highest BCUT2D eigenvalue weighted by Gasteiger charge is 2.20. The summed E-state index contributed by atoms with van der Waals surface area (Å²) < 4.78 is 25.5. The molecule has 0 fully saturated rings. The minimum absolute atomic E-state index is 0.0596. The molecule has 130 valence electrons. The normalized spacial score (nSPS) is 12.7. The summed E-state index contributed by atoms with van der Waals surface area (Å²) >= 11 is 6.08. The fourth-order valence-corrected chi connectivity index (χ4v) is 3.35. The van der Waals surface area contributed by atoms with Gasteiger partial charge in [-0.2, -0.15) is 0 Å². The Kier molecular flexibility index (Phi) is 7.35. The molecule has 0 aliphatic heterocycles. The van der Waals surface area contributed by atoms with Crippen LogP contribution in [0.15, 0.2) is 18.2 Å². The zero-order chi connectivity index (χ0) is 17.6. The molecule has 1 aromatic rings. The maximum Gasteiger partial charge on any atom is 0.232 e. The van der Waals surface area contributed by atoms with Gasteiger partial charge in [-0.05, 0) is 44.4 Å². The number of rotatable bonds is 8. The molecule has 1 N–H and O–H groups in total. The zero-order valence-electron chi connectivity index (χ0n) is 14.1. The molecule has 0 aromatic heterocycles. The van der Waals surface area contributed by atoms with E-state index >= 15 is 0 Å². The van der Waals surface area contributed by atoms with Gasteiger partial charge in [-0.3, -0.25) is 9.10 Å². The van der Waals surface area contributed by atoms with E-state index in [1.165, 1.54) is 4.31 Å². The number of carbonyl (C=O) groups is 1. The summed E-state index contributed by atoms with van der Waals surface area (Å²) in [4.78, 5) is 11.8. The Morgan fingerprint density at radius 2 is 2.04 bits per heavy atom. The smallest absolute Gasteiger partial charge is 0.232 e. The molecule has 0 aliphatic rings. The molecule has 0 unspecified atom stereocenters. The number of hydrogen-bond acceptors (Lipinski definition) is 3. The van der Waals surface area contributed by atoms with Crippen LogP contribution in [0.1, 0.15) is 38.7 Å². The number of hydrogen-bond donors (Lipinski definition) is 1. The van der Waals surface area contributed by atoms with Crippen molar-refractivity contribution in [1.82, 2.24) is 5.32 Å². The summed E-state index contributed by atoms with van der Waals surface area (Å²) in [7, 11) is -3.44. The van der Waals surface area contributed by atoms with Gasteiger partial charge in [0, 0.05) is 24.0 Å². The Morgan fingerprint density at radius 1 is 1.39 bits per heavy atom. The summed E-state index contributed by atoms with van der Waals surface area (Å²) in [5.74, 6) is -0.0596. The van der Waals surface area contributed by atoms with E-state index in [-0.39, 0.29) is 24.9 Å². The number of halogens is 1. The van der Waals surface area contributed by atoms with Crippen LogP contribution in [-0.2, 0) is 14.8 Å². The van der Waals surface area contributed by atoms with E-state index in [2.05, 4.69) is 5.32 Å². The molecule has 1 aromatic carbocycles. The first kappa shape index (κ1) is 19.8. The van der Waals surface area contributed by atoms with Crippen molar-refractivity contribution in [2.45, 2.75) is 46.1 Å². The lowest BCUT2D eigenvalue weighted by Gasteiger charge is -2.24. The lowest BCUT2D eigenvalue weighted by atomic mass is 10.2. The first-order valence-corrected chi connectivity index (χ1v) is 9.91. The molecule has 1 amide bonds. The fourth-order valence-electron chi connectivity index (χ4n) is 2.16. The zero-order valence-corrected chi connectivity index (χ0v) is 15.7. The van der Waals surface area contributed by atoms with Gasteiger partial charge >= 0.3 is 0 Å². The standard InChI is InChI=1S/C16H25ClN2O3S/c1-5-12(2)18-16(20)10-7-11-19(23(4,21)22)15-9-6-8-14(17)13(15)3/h6,8-9,12H,5,7,10-11H2,1-4H3,(H,18,20)/t12-/m0/s1. The minimum atomic E-state index is -3.44. The van der Waals surface area contributed by atoms with Crippen LogP contribution in [0.5, 0.6) is 0 Å². The molecule has 7 heteroatoms. The van der Waals surface area contributed by atoms with E-state index in [9.17, 15) is 13.2 Å². The molecule has 0 saturated carbocycles. The van der Waals surface area contributed by atoms with Crippen LogP contribution in [0.4, 0.5) is 5.69 Å². The monoisotopic (exact) mass is 360 g/mol. The number of nitrogens with one attached hydrogen (secondary N) is 1. The van der Waals surface area contributed by atoms with Gasteiger partial charge in [0.2, 0.25) is 15.9 Å². The highest BCUT2D eigenvalue weighted by atomic mass is 35.5. The maximum atomic E-state index is 12.1. The SMILES string of the molecule is CC[C@H](C)NC(=O)CCCN(c1cccc(Cl)c1C)S(C)(=O)=O. The summed E-state index contributed by atoms with van der Waals surface area (Å²) in [6.45, 7) is 5.97. The average Bonchev–Trinajstić information content (AvgIpc) is 2.45. The number of anilines is 1. The van der Waals surface area contributed by atoms with E-state index in [1.807, 2.05) is 13.8 Å². The third-order valence-corrected chi connectivity index (χ3v) is 5.28. The van der Waals surface area contributed by atoms with Gasteiger partial charge in [0.1, 0.15) is 0 Å². The van der Waals surface area contributed by atoms with Crippen LogP contribution in [0, 0.1) is 6.92 Å². The maximum absolute atomic E-state index is 12.1. The van der Waals surface area contributed by atoms with Crippen molar-refractivity contribution in [2.75, 3.05) is 17.1 Å². The third-order valence-electron chi connectivity index (χ3n) is 3.69. The van der Waals surface area contributed by atoms with Crippen LogP contribution in [0.25, 0.3) is 0 Å². The van der Waals surface area contributed by atoms with E-state index in [0.29, 0.717) is 22.7 Å². The first-order valence-electron chi connectivity index (χ1n) is 7.69. The van der Waals surface area contributed by atoms with Gasteiger partial charge in [0.05, 0.1) is 11.9 Å². The molecule has 0 bridgehead atoms. The predicted molar refractivity (Wildman–Crippen MR) is 95.5 cm³/mol. The van der Waals surface area contributed by atoms with Crippen molar-refractivity contribution in [3.63, 3.8) is 0 Å². The highest BCUT2D eigenvalue weighted by molar-refractivity contribution is 7.92. The first-order chi connectivity index (χ1) is 10.7. The van der Waals surface area contributed by atoms with Crippen LogP contribution in [0.3, 0.4) is 0 Å². The molecule has 0 saturated heterocycles. The molecule has 0 heterocycles. The topological polar surface area (TPSA) is 66.5 Å². The van der Waals surface area contributed by atoms with Crippen LogP contribution in [-0.4, -0.2) is 33.2 Å². The van der Waals surface area contributed by atoms with E-state index in [4.69, 9.17) is 11.6 Å². The second-order valence-electron chi connectivity index (χ2n) is 5.70. The van der Waals surface area contributed by atoms with Gasteiger partial charge in [-0.25, -0.2) is 8.42 Å². The lowest BCUT2D eigenvalue weighted by Crippen LogP contribution is -2.34. The van der Waals surface area contributed by atoms with Gasteiger partial charge in [-0.1, -0.05) is 24.6 Å². The molecule has 0 radical (unpaired) electrons. The average molecular weight is 361 g/mol. The molecule has 0 aliphatic carbocycles. The van der Waals surface area contributed by atoms with E-state index < -0.39 is 10.0 Å². The van der Waals surface area contributed by atoms with Gasteiger partial charge in [0.25, 0.3) is 0 Å². The third kappa shape index (κ3) is 6.03. The quantitative estimate of drug-likeness (QED) is 0.774.